The number of halogens is 1. The van der Waals surface area contributed by atoms with Crippen LogP contribution in [0.5, 0.6) is 0 Å². The van der Waals surface area contributed by atoms with E-state index in [1.165, 1.54) is 0 Å². The second-order valence-electron chi connectivity index (χ2n) is 5.27. The topological polar surface area (TPSA) is 83.3 Å². The predicted octanol–water partition coefficient (Wildman–Crippen LogP) is 1.71. The number of hydrogen-bond acceptors (Lipinski definition) is 3. The SMILES string of the molecule is C#Cc1cccc(NC(=O)CNC(=NCc2ccnn2C)NCC)c1.I. The maximum absolute atomic E-state index is 12.1. The Bertz CT molecular complexity index is 793. The molecule has 0 aliphatic heterocycles. The van der Waals surface area contributed by atoms with Crippen molar-refractivity contribution in [3.05, 3.63) is 47.8 Å². The summed E-state index contributed by atoms with van der Waals surface area (Å²) >= 11 is 0. The second-order valence-corrected chi connectivity index (χ2v) is 5.27. The van der Waals surface area contributed by atoms with Crippen molar-refractivity contribution in [2.24, 2.45) is 12.0 Å². The van der Waals surface area contributed by atoms with Gasteiger partial charge < -0.3 is 16.0 Å². The Labute approximate surface area is 170 Å². The Balaban J connectivity index is 0.00000338. The molecule has 0 fully saturated rings. The zero-order chi connectivity index (χ0) is 18.1. The molecule has 26 heavy (non-hydrogen) atoms. The number of guanidine groups is 1. The fourth-order valence-corrected chi connectivity index (χ4v) is 2.11. The highest BCUT2D eigenvalue weighted by atomic mass is 127. The number of benzene rings is 1. The molecule has 1 heterocycles. The first-order valence-electron chi connectivity index (χ1n) is 7.98. The Morgan fingerprint density at radius 1 is 1.35 bits per heavy atom. The Kier molecular flexibility index (Phi) is 9.22. The van der Waals surface area contributed by atoms with E-state index in [4.69, 9.17) is 6.42 Å². The maximum atomic E-state index is 12.1. The van der Waals surface area contributed by atoms with Crippen molar-refractivity contribution in [3.63, 3.8) is 0 Å². The monoisotopic (exact) mass is 466 g/mol. The molecular weight excluding hydrogens is 443 g/mol. The van der Waals surface area contributed by atoms with Crippen LogP contribution in [0.1, 0.15) is 18.2 Å². The van der Waals surface area contributed by atoms with Gasteiger partial charge in [0.05, 0.1) is 18.8 Å². The largest absolute Gasteiger partial charge is 0.357 e. The van der Waals surface area contributed by atoms with Crippen LogP contribution in [-0.2, 0) is 18.4 Å². The Morgan fingerprint density at radius 2 is 2.15 bits per heavy atom. The van der Waals surface area contributed by atoms with Gasteiger partial charge in [-0.2, -0.15) is 5.10 Å². The molecule has 3 N–H and O–H groups in total. The van der Waals surface area contributed by atoms with Crippen LogP contribution in [0.2, 0.25) is 0 Å². The predicted molar refractivity (Wildman–Crippen MR) is 114 cm³/mol. The normalized spacial score (nSPS) is 10.4. The van der Waals surface area contributed by atoms with Crippen molar-refractivity contribution in [3.8, 4) is 12.3 Å². The number of hydrogen-bond donors (Lipinski definition) is 3. The van der Waals surface area contributed by atoms with Crippen LogP contribution in [0.15, 0.2) is 41.5 Å². The van der Waals surface area contributed by atoms with Crippen molar-refractivity contribution < 1.29 is 4.79 Å². The maximum Gasteiger partial charge on any atom is 0.243 e. The van der Waals surface area contributed by atoms with Gasteiger partial charge in [-0.15, -0.1) is 30.4 Å². The first kappa shape index (κ1) is 21.5. The van der Waals surface area contributed by atoms with E-state index >= 15 is 0 Å². The molecule has 1 aromatic carbocycles. The zero-order valence-corrected chi connectivity index (χ0v) is 17.2. The molecule has 0 spiro atoms. The first-order chi connectivity index (χ1) is 12.1. The van der Waals surface area contributed by atoms with Crippen molar-refractivity contribution in [1.29, 1.82) is 0 Å². The Morgan fingerprint density at radius 3 is 2.81 bits per heavy atom. The first-order valence-corrected chi connectivity index (χ1v) is 7.98. The lowest BCUT2D eigenvalue weighted by molar-refractivity contribution is -0.115. The van der Waals surface area contributed by atoms with E-state index in [0.717, 1.165) is 11.3 Å². The second kappa shape index (κ2) is 11.1. The standard InChI is InChI=1S/C18H22N6O.HI/c1-4-14-7-6-8-15(11-14)23-17(25)13-21-18(19-5-2)20-12-16-9-10-22-24(16)3;/h1,6-11H,5,12-13H2,2-3H3,(H,23,25)(H2,19,20,21);1H. The molecule has 1 aromatic heterocycles. The molecule has 0 saturated heterocycles. The quantitative estimate of drug-likeness (QED) is 0.262. The third-order valence-corrected chi connectivity index (χ3v) is 3.40. The van der Waals surface area contributed by atoms with Gasteiger partial charge in [0, 0.05) is 31.0 Å². The molecule has 2 rings (SSSR count). The van der Waals surface area contributed by atoms with Gasteiger partial charge in [-0.3, -0.25) is 9.48 Å². The number of aromatic nitrogens is 2. The molecule has 0 atom stereocenters. The highest BCUT2D eigenvalue weighted by Gasteiger charge is 2.05. The average Bonchev–Trinajstić information content (AvgIpc) is 3.02. The summed E-state index contributed by atoms with van der Waals surface area (Å²) in [5, 5.41) is 13.0. The van der Waals surface area contributed by atoms with Gasteiger partial charge in [0.1, 0.15) is 0 Å². The van der Waals surface area contributed by atoms with E-state index < -0.39 is 0 Å². The molecule has 0 saturated carbocycles. The van der Waals surface area contributed by atoms with E-state index in [2.05, 4.69) is 32.0 Å². The number of rotatable bonds is 6. The summed E-state index contributed by atoms with van der Waals surface area (Å²) in [6.45, 7) is 3.23. The molecule has 0 unspecified atom stereocenters. The van der Waals surface area contributed by atoms with Crippen LogP contribution in [-0.4, -0.2) is 34.7 Å². The minimum Gasteiger partial charge on any atom is -0.357 e. The zero-order valence-electron chi connectivity index (χ0n) is 14.8. The van der Waals surface area contributed by atoms with Crippen LogP contribution in [0, 0.1) is 12.3 Å². The van der Waals surface area contributed by atoms with Crippen LogP contribution in [0.4, 0.5) is 5.69 Å². The van der Waals surface area contributed by atoms with Gasteiger partial charge in [-0.25, -0.2) is 4.99 Å². The molecule has 2 aromatic rings. The summed E-state index contributed by atoms with van der Waals surface area (Å²) < 4.78 is 1.76. The fraction of sp³-hybridized carbons (Fsp3) is 0.278. The van der Waals surface area contributed by atoms with Crippen LogP contribution in [0.25, 0.3) is 0 Å². The van der Waals surface area contributed by atoms with Gasteiger partial charge in [0.15, 0.2) is 5.96 Å². The van der Waals surface area contributed by atoms with E-state index in [1.54, 1.807) is 29.1 Å². The summed E-state index contributed by atoms with van der Waals surface area (Å²) in [5.74, 6) is 2.92. The van der Waals surface area contributed by atoms with Crippen LogP contribution in [0.3, 0.4) is 0 Å². The van der Waals surface area contributed by atoms with Crippen LogP contribution < -0.4 is 16.0 Å². The van der Waals surface area contributed by atoms with Crippen molar-refractivity contribution in [1.82, 2.24) is 20.4 Å². The fourth-order valence-electron chi connectivity index (χ4n) is 2.11. The summed E-state index contributed by atoms with van der Waals surface area (Å²) in [4.78, 5) is 16.5. The third-order valence-electron chi connectivity index (χ3n) is 3.40. The number of aryl methyl sites for hydroxylation is 1. The molecule has 138 valence electrons. The van der Waals surface area contributed by atoms with Gasteiger partial charge in [0.2, 0.25) is 5.91 Å². The van der Waals surface area contributed by atoms with Crippen molar-refractivity contribution >= 4 is 41.5 Å². The van der Waals surface area contributed by atoms with E-state index in [1.807, 2.05) is 26.1 Å². The molecule has 0 aliphatic rings. The van der Waals surface area contributed by atoms with Crippen molar-refractivity contribution in [2.45, 2.75) is 13.5 Å². The minimum atomic E-state index is -0.180. The highest BCUT2D eigenvalue weighted by molar-refractivity contribution is 14.0. The lowest BCUT2D eigenvalue weighted by Crippen LogP contribution is -2.41. The molecule has 0 aliphatic carbocycles. The number of anilines is 1. The molecule has 7 nitrogen and oxygen atoms in total. The van der Waals surface area contributed by atoms with Gasteiger partial charge in [-0.05, 0) is 31.2 Å². The molecule has 0 radical (unpaired) electrons. The number of amides is 1. The number of carbonyl (C=O) groups excluding carboxylic acids is 1. The minimum absolute atomic E-state index is 0. The van der Waals surface area contributed by atoms with Crippen LogP contribution >= 0.6 is 24.0 Å². The van der Waals surface area contributed by atoms with E-state index in [9.17, 15) is 4.79 Å². The van der Waals surface area contributed by atoms with Gasteiger partial charge in [-0.1, -0.05) is 12.0 Å². The van der Waals surface area contributed by atoms with Gasteiger partial charge >= 0.3 is 0 Å². The summed E-state index contributed by atoms with van der Waals surface area (Å²) in [6, 6.07) is 9.05. The lowest BCUT2D eigenvalue weighted by Gasteiger charge is -2.11. The van der Waals surface area contributed by atoms with Gasteiger partial charge in [0.25, 0.3) is 0 Å². The van der Waals surface area contributed by atoms with E-state index in [-0.39, 0.29) is 36.4 Å². The summed E-state index contributed by atoms with van der Waals surface area (Å²) in [6.07, 6.45) is 7.09. The van der Waals surface area contributed by atoms with E-state index in [0.29, 0.717) is 24.7 Å². The Hall–Kier alpha value is -2.54. The summed E-state index contributed by atoms with van der Waals surface area (Å²) in [7, 11) is 1.86. The molecule has 1 amide bonds. The molecule has 8 heteroatoms. The number of nitrogens with zero attached hydrogens (tertiary/aromatic N) is 3. The summed E-state index contributed by atoms with van der Waals surface area (Å²) in [5.41, 5.74) is 2.36. The average molecular weight is 466 g/mol. The highest BCUT2D eigenvalue weighted by Crippen LogP contribution is 2.09. The number of terminal acetylenes is 1. The smallest absolute Gasteiger partial charge is 0.243 e. The third kappa shape index (κ3) is 6.76. The molecular formula is C18H23IN6O. The molecule has 0 bridgehead atoms. The number of aliphatic imine (C=N–C) groups is 1. The number of carbonyl (C=O) groups is 1. The van der Waals surface area contributed by atoms with Crippen molar-refractivity contribution in [2.75, 3.05) is 18.4 Å². The number of nitrogens with one attached hydrogen (secondary N) is 3. The lowest BCUT2D eigenvalue weighted by atomic mass is 10.2.